The van der Waals surface area contributed by atoms with Crippen molar-refractivity contribution in [2.24, 2.45) is 0 Å². The van der Waals surface area contributed by atoms with Gasteiger partial charge in [-0.05, 0) is 53.5 Å². The Labute approximate surface area is 116 Å². The third-order valence-electron chi connectivity index (χ3n) is 3.80. The van der Waals surface area contributed by atoms with Crippen LogP contribution in [0, 0.1) is 5.82 Å². The molecule has 18 heavy (non-hydrogen) atoms. The summed E-state index contributed by atoms with van der Waals surface area (Å²) >= 11 is 3.30. The Morgan fingerprint density at radius 1 is 1.33 bits per heavy atom. The van der Waals surface area contributed by atoms with E-state index in [9.17, 15) is 4.39 Å². The van der Waals surface area contributed by atoms with Crippen molar-refractivity contribution in [3.8, 4) is 0 Å². The van der Waals surface area contributed by atoms with Gasteiger partial charge in [0.15, 0.2) is 0 Å². The highest BCUT2D eigenvalue weighted by atomic mass is 79.9. The predicted octanol–water partition coefficient (Wildman–Crippen LogP) is 3.93. The van der Waals surface area contributed by atoms with E-state index in [4.69, 9.17) is 5.73 Å². The summed E-state index contributed by atoms with van der Waals surface area (Å²) in [6.07, 6.45) is 6.44. The van der Waals surface area contributed by atoms with Gasteiger partial charge in [-0.1, -0.05) is 19.3 Å². The number of nitrogens with two attached hydrogens (primary N) is 1. The molecule has 2 nitrogen and oxygen atoms in total. The molecule has 0 bridgehead atoms. The summed E-state index contributed by atoms with van der Waals surface area (Å²) in [7, 11) is 2.11. The van der Waals surface area contributed by atoms with Crippen LogP contribution in [0.1, 0.15) is 37.7 Å². The molecule has 1 aliphatic carbocycles. The van der Waals surface area contributed by atoms with Crippen molar-refractivity contribution >= 4 is 21.6 Å². The second-order valence-corrected chi connectivity index (χ2v) is 6.02. The van der Waals surface area contributed by atoms with Gasteiger partial charge in [-0.15, -0.1) is 0 Å². The van der Waals surface area contributed by atoms with Crippen LogP contribution in [0.2, 0.25) is 0 Å². The standard InChI is InChI=1S/C14H20BrFN2/c1-18(12-5-3-2-4-6-12)9-10-7-11(16)8-13(15)14(10)17/h7-8,12H,2-6,9,17H2,1H3. The van der Waals surface area contributed by atoms with E-state index in [0.29, 0.717) is 22.7 Å². The van der Waals surface area contributed by atoms with E-state index in [1.165, 1.54) is 38.2 Å². The molecule has 1 aromatic carbocycles. The van der Waals surface area contributed by atoms with E-state index in [1.54, 1.807) is 6.07 Å². The number of halogens is 2. The van der Waals surface area contributed by atoms with Crippen molar-refractivity contribution in [2.45, 2.75) is 44.7 Å². The van der Waals surface area contributed by atoms with E-state index in [-0.39, 0.29) is 5.82 Å². The Bertz CT molecular complexity index is 417. The van der Waals surface area contributed by atoms with Gasteiger partial charge >= 0.3 is 0 Å². The summed E-state index contributed by atoms with van der Waals surface area (Å²) in [5, 5.41) is 0. The van der Waals surface area contributed by atoms with E-state index >= 15 is 0 Å². The molecule has 0 radical (unpaired) electrons. The molecule has 1 aromatic rings. The minimum atomic E-state index is -0.233. The molecule has 2 N–H and O–H groups in total. The zero-order chi connectivity index (χ0) is 13.1. The van der Waals surface area contributed by atoms with Gasteiger partial charge in [-0.3, -0.25) is 4.90 Å². The van der Waals surface area contributed by atoms with Crippen molar-refractivity contribution < 1.29 is 4.39 Å². The van der Waals surface area contributed by atoms with Crippen LogP contribution in [0.4, 0.5) is 10.1 Å². The minimum absolute atomic E-state index is 0.233. The molecule has 0 saturated heterocycles. The molecular weight excluding hydrogens is 295 g/mol. The first-order chi connectivity index (χ1) is 8.58. The molecule has 100 valence electrons. The molecule has 0 aliphatic heterocycles. The second-order valence-electron chi connectivity index (χ2n) is 5.17. The Morgan fingerprint density at radius 2 is 2.00 bits per heavy atom. The number of rotatable bonds is 3. The van der Waals surface area contributed by atoms with Crippen LogP contribution in [0.3, 0.4) is 0 Å². The summed E-state index contributed by atoms with van der Waals surface area (Å²) in [5.41, 5.74) is 7.51. The van der Waals surface area contributed by atoms with Crippen LogP contribution in [-0.4, -0.2) is 18.0 Å². The zero-order valence-electron chi connectivity index (χ0n) is 10.8. The molecule has 1 aliphatic rings. The third-order valence-corrected chi connectivity index (χ3v) is 4.45. The Balaban J connectivity index is 2.08. The lowest BCUT2D eigenvalue weighted by molar-refractivity contribution is 0.184. The van der Waals surface area contributed by atoms with Gasteiger partial charge in [0.2, 0.25) is 0 Å². The van der Waals surface area contributed by atoms with Crippen molar-refractivity contribution in [3.63, 3.8) is 0 Å². The SMILES string of the molecule is CN(Cc1cc(F)cc(Br)c1N)C1CCCCC1. The Morgan fingerprint density at radius 3 is 2.67 bits per heavy atom. The van der Waals surface area contributed by atoms with E-state index in [1.807, 2.05) is 0 Å². The summed E-state index contributed by atoms with van der Waals surface area (Å²) in [6.45, 7) is 0.715. The van der Waals surface area contributed by atoms with E-state index in [2.05, 4.69) is 27.9 Å². The molecule has 2 rings (SSSR count). The fourth-order valence-corrected chi connectivity index (χ4v) is 3.16. The van der Waals surface area contributed by atoms with Crippen molar-refractivity contribution in [1.29, 1.82) is 0 Å². The fourth-order valence-electron chi connectivity index (χ4n) is 2.69. The van der Waals surface area contributed by atoms with Crippen LogP contribution in [0.25, 0.3) is 0 Å². The lowest BCUT2D eigenvalue weighted by atomic mass is 9.94. The number of nitrogens with zero attached hydrogens (tertiary/aromatic N) is 1. The summed E-state index contributed by atoms with van der Waals surface area (Å²) in [5.74, 6) is -0.233. The van der Waals surface area contributed by atoms with E-state index in [0.717, 1.165) is 5.56 Å². The molecule has 0 heterocycles. The summed E-state index contributed by atoms with van der Waals surface area (Å²) in [4.78, 5) is 2.30. The van der Waals surface area contributed by atoms with Gasteiger partial charge in [0.1, 0.15) is 5.82 Å². The van der Waals surface area contributed by atoms with Crippen LogP contribution in [0.15, 0.2) is 16.6 Å². The van der Waals surface area contributed by atoms with E-state index < -0.39 is 0 Å². The number of anilines is 1. The van der Waals surface area contributed by atoms with Crippen LogP contribution in [-0.2, 0) is 6.54 Å². The lowest BCUT2D eigenvalue weighted by Crippen LogP contribution is -2.33. The molecule has 0 spiro atoms. The summed E-state index contributed by atoms with van der Waals surface area (Å²) < 4.78 is 14.0. The minimum Gasteiger partial charge on any atom is -0.398 e. The first-order valence-electron chi connectivity index (χ1n) is 6.51. The number of benzene rings is 1. The topological polar surface area (TPSA) is 29.3 Å². The molecule has 0 atom stereocenters. The molecule has 1 fully saturated rings. The van der Waals surface area contributed by atoms with Crippen LogP contribution in [0.5, 0.6) is 0 Å². The largest absolute Gasteiger partial charge is 0.398 e. The molecule has 0 aromatic heterocycles. The van der Waals surface area contributed by atoms with Gasteiger partial charge in [-0.2, -0.15) is 0 Å². The first-order valence-corrected chi connectivity index (χ1v) is 7.31. The van der Waals surface area contributed by atoms with Gasteiger partial charge in [0.25, 0.3) is 0 Å². The van der Waals surface area contributed by atoms with Gasteiger partial charge in [0, 0.05) is 17.1 Å². The highest BCUT2D eigenvalue weighted by Gasteiger charge is 2.19. The van der Waals surface area contributed by atoms with Crippen LogP contribution < -0.4 is 5.73 Å². The molecule has 0 unspecified atom stereocenters. The number of nitrogen functional groups attached to an aromatic ring is 1. The monoisotopic (exact) mass is 314 g/mol. The Hall–Kier alpha value is -0.610. The second kappa shape index (κ2) is 6.02. The van der Waals surface area contributed by atoms with Crippen molar-refractivity contribution in [2.75, 3.05) is 12.8 Å². The van der Waals surface area contributed by atoms with Crippen LogP contribution >= 0.6 is 15.9 Å². The van der Waals surface area contributed by atoms with Crippen molar-refractivity contribution in [3.05, 3.63) is 28.0 Å². The summed E-state index contributed by atoms with van der Waals surface area (Å²) in [6, 6.07) is 3.57. The maximum Gasteiger partial charge on any atom is 0.124 e. The zero-order valence-corrected chi connectivity index (χ0v) is 12.3. The fraction of sp³-hybridized carbons (Fsp3) is 0.571. The maximum atomic E-state index is 13.4. The average Bonchev–Trinajstić information content (AvgIpc) is 2.36. The lowest BCUT2D eigenvalue weighted by Gasteiger charge is -2.31. The number of hydrogen-bond acceptors (Lipinski definition) is 2. The first kappa shape index (κ1) is 13.8. The quantitative estimate of drug-likeness (QED) is 0.856. The maximum absolute atomic E-state index is 13.4. The van der Waals surface area contributed by atoms with Gasteiger partial charge in [-0.25, -0.2) is 4.39 Å². The molecular formula is C14H20BrFN2. The highest BCUT2D eigenvalue weighted by Crippen LogP contribution is 2.28. The van der Waals surface area contributed by atoms with Crippen molar-refractivity contribution in [1.82, 2.24) is 4.90 Å². The van der Waals surface area contributed by atoms with Gasteiger partial charge < -0.3 is 5.73 Å². The molecule has 4 heteroatoms. The smallest absolute Gasteiger partial charge is 0.124 e. The van der Waals surface area contributed by atoms with Gasteiger partial charge in [0.05, 0.1) is 5.69 Å². The third kappa shape index (κ3) is 3.23. The molecule has 0 amide bonds. The average molecular weight is 315 g/mol. The normalized spacial score (nSPS) is 17.3. The predicted molar refractivity (Wildman–Crippen MR) is 76.9 cm³/mol. The Kier molecular flexibility index (Phi) is 4.62. The molecule has 1 saturated carbocycles. The highest BCUT2D eigenvalue weighted by molar-refractivity contribution is 9.10. The number of hydrogen-bond donors (Lipinski definition) is 1.